The van der Waals surface area contributed by atoms with Crippen LogP contribution in [-0.2, 0) is 22.4 Å². The number of H-pyrrole nitrogens is 1. The predicted octanol–water partition coefficient (Wildman–Crippen LogP) is 3.18. The maximum Gasteiger partial charge on any atom is 0.323 e. The van der Waals surface area contributed by atoms with Crippen LogP contribution in [0.1, 0.15) is 21.7 Å². The van der Waals surface area contributed by atoms with Gasteiger partial charge in [-0.15, -0.1) is 0 Å². The molecule has 0 fully saturated rings. The minimum Gasteiger partial charge on any atom is -0.464 e. The fourth-order valence-electron chi connectivity index (χ4n) is 3.45. The standard InChI is InChI=1S/C23H21N3O3/c24-19(12-15-6-2-1-3-7-15)23(28)29-11-10-16-13-18-17-8-4-5-9-20(17)26-22(18)21(14-27)25-16/h1-9,13-14,19,26H,10-12,24H2/t19-/m0/s1. The van der Waals surface area contributed by atoms with Gasteiger partial charge in [-0.3, -0.25) is 9.59 Å². The Morgan fingerprint density at radius 2 is 1.86 bits per heavy atom. The lowest BCUT2D eigenvalue weighted by Gasteiger charge is -2.11. The highest BCUT2D eigenvalue weighted by molar-refractivity contribution is 6.11. The molecule has 0 amide bonds. The number of pyridine rings is 1. The lowest BCUT2D eigenvalue weighted by molar-refractivity contribution is -0.145. The van der Waals surface area contributed by atoms with Crippen LogP contribution in [0.25, 0.3) is 21.8 Å². The van der Waals surface area contributed by atoms with E-state index >= 15 is 0 Å². The number of benzene rings is 2. The highest BCUT2D eigenvalue weighted by atomic mass is 16.5. The molecule has 2 aromatic heterocycles. The predicted molar refractivity (Wildman–Crippen MR) is 112 cm³/mol. The molecule has 146 valence electrons. The lowest BCUT2D eigenvalue weighted by Crippen LogP contribution is -2.34. The minimum atomic E-state index is -0.716. The van der Waals surface area contributed by atoms with Gasteiger partial charge in [0.1, 0.15) is 11.7 Å². The Morgan fingerprint density at radius 3 is 2.66 bits per heavy atom. The Hall–Kier alpha value is -3.51. The quantitative estimate of drug-likeness (QED) is 0.375. The van der Waals surface area contributed by atoms with Crippen molar-refractivity contribution in [1.82, 2.24) is 9.97 Å². The van der Waals surface area contributed by atoms with Crippen LogP contribution in [0, 0.1) is 0 Å². The third-order valence-electron chi connectivity index (χ3n) is 4.89. The summed E-state index contributed by atoms with van der Waals surface area (Å²) in [6, 6.07) is 18.6. The van der Waals surface area contributed by atoms with Crippen molar-refractivity contribution < 1.29 is 14.3 Å². The number of carbonyl (C=O) groups is 2. The van der Waals surface area contributed by atoms with Crippen molar-refractivity contribution in [2.45, 2.75) is 18.9 Å². The highest BCUT2D eigenvalue weighted by Gasteiger charge is 2.16. The number of nitrogens with one attached hydrogen (secondary N) is 1. The average molecular weight is 387 g/mol. The Balaban J connectivity index is 1.45. The maximum absolute atomic E-state index is 12.2. The third kappa shape index (κ3) is 4.02. The van der Waals surface area contributed by atoms with E-state index in [4.69, 9.17) is 10.5 Å². The molecule has 2 aromatic carbocycles. The summed E-state index contributed by atoms with van der Waals surface area (Å²) in [7, 11) is 0. The van der Waals surface area contributed by atoms with Gasteiger partial charge < -0.3 is 15.5 Å². The molecule has 0 saturated heterocycles. The average Bonchev–Trinajstić information content (AvgIpc) is 3.12. The molecule has 6 nitrogen and oxygen atoms in total. The Kier molecular flexibility index (Phi) is 5.35. The Bertz CT molecular complexity index is 1170. The summed E-state index contributed by atoms with van der Waals surface area (Å²) >= 11 is 0. The molecule has 4 aromatic rings. The van der Waals surface area contributed by atoms with Crippen LogP contribution in [0.3, 0.4) is 0 Å². The number of aromatic nitrogens is 2. The van der Waals surface area contributed by atoms with Gasteiger partial charge in [0.05, 0.1) is 12.1 Å². The second-order valence-corrected chi connectivity index (χ2v) is 6.92. The first kappa shape index (κ1) is 18.8. The largest absolute Gasteiger partial charge is 0.464 e. The number of aromatic amines is 1. The summed E-state index contributed by atoms with van der Waals surface area (Å²) in [6.45, 7) is 0.153. The number of carbonyl (C=O) groups excluding carboxylic acids is 2. The van der Waals surface area contributed by atoms with E-state index in [1.54, 1.807) is 0 Å². The van der Waals surface area contributed by atoms with Gasteiger partial charge in [-0.05, 0) is 24.1 Å². The van der Waals surface area contributed by atoms with Crippen LogP contribution in [0.4, 0.5) is 0 Å². The zero-order chi connectivity index (χ0) is 20.2. The molecule has 3 N–H and O–H groups in total. The van der Waals surface area contributed by atoms with Gasteiger partial charge in [0.15, 0.2) is 6.29 Å². The number of aldehydes is 1. The first-order valence-electron chi connectivity index (χ1n) is 9.47. The van der Waals surface area contributed by atoms with E-state index in [2.05, 4.69) is 9.97 Å². The Labute approximate surface area is 167 Å². The van der Waals surface area contributed by atoms with Crippen molar-refractivity contribution in [2.24, 2.45) is 5.73 Å². The number of fused-ring (bicyclic) bond motifs is 3. The maximum atomic E-state index is 12.2. The van der Waals surface area contributed by atoms with Gasteiger partial charge in [-0.2, -0.15) is 0 Å². The van der Waals surface area contributed by atoms with Crippen molar-refractivity contribution in [3.8, 4) is 0 Å². The van der Waals surface area contributed by atoms with Gasteiger partial charge in [0.25, 0.3) is 0 Å². The molecule has 0 saturated carbocycles. The van der Waals surface area contributed by atoms with Crippen LogP contribution in [0.2, 0.25) is 0 Å². The van der Waals surface area contributed by atoms with Crippen molar-refractivity contribution in [3.63, 3.8) is 0 Å². The fraction of sp³-hybridized carbons (Fsp3) is 0.174. The second-order valence-electron chi connectivity index (χ2n) is 6.92. The van der Waals surface area contributed by atoms with E-state index in [1.165, 1.54) is 0 Å². The van der Waals surface area contributed by atoms with E-state index in [0.29, 0.717) is 29.7 Å². The summed E-state index contributed by atoms with van der Waals surface area (Å²) in [5.74, 6) is -0.447. The highest BCUT2D eigenvalue weighted by Crippen LogP contribution is 2.27. The summed E-state index contributed by atoms with van der Waals surface area (Å²) in [6.07, 6.45) is 1.57. The molecule has 0 aliphatic rings. The van der Waals surface area contributed by atoms with Crippen LogP contribution in [0.15, 0.2) is 60.7 Å². The monoisotopic (exact) mass is 387 g/mol. The molecule has 0 aliphatic carbocycles. The summed E-state index contributed by atoms with van der Waals surface area (Å²) < 4.78 is 5.33. The van der Waals surface area contributed by atoms with Gasteiger partial charge in [0.2, 0.25) is 0 Å². The molecular weight excluding hydrogens is 366 g/mol. The molecule has 6 heteroatoms. The van der Waals surface area contributed by atoms with Crippen molar-refractivity contribution >= 4 is 34.1 Å². The summed E-state index contributed by atoms with van der Waals surface area (Å²) in [5, 5.41) is 1.95. The van der Waals surface area contributed by atoms with Gasteiger partial charge in [-0.25, -0.2) is 4.98 Å². The van der Waals surface area contributed by atoms with Crippen LogP contribution >= 0.6 is 0 Å². The number of hydrogen-bond acceptors (Lipinski definition) is 5. The lowest BCUT2D eigenvalue weighted by atomic mass is 10.1. The molecule has 1 atom stereocenters. The number of nitrogens with zero attached hydrogens (tertiary/aromatic N) is 1. The molecule has 0 spiro atoms. The van der Waals surface area contributed by atoms with Crippen LogP contribution in [0.5, 0.6) is 0 Å². The number of rotatable bonds is 7. The van der Waals surface area contributed by atoms with E-state index < -0.39 is 12.0 Å². The van der Waals surface area contributed by atoms with Gasteiger partial charge in [-0.1, -0.05) is 48.5 Å². The Morgan fingerprint density at radius 1 is 1.10 bits per heavy atom. The molecular formula is C23H21N3O3. The smallest absolute Gasteiger partial charge is 0.323 e. The van der Waals surface area contributed by atoms with Crippen molar-refractivity contribution in [2.75, 3.05) is 6.61 Å². The molecule has 2 heterocycles. The molecule has 4 rings (SSSR count). The van der Waals surface area contributed by atoms with Gasteiger partial charge >= 0.3 is 5.97 Å². The first-order valence-corrected chi connectivity index (χ1v) is 9.47. The van der Waals surface area contributed by atoms with Crippen LogP contribution < -0.4 is 5.73 Å². The molecule has 0 bridgehead atoms. The summed E-state index contributed by atoms with van der Waals surface area (Å²) in [5.41, 5.74) is 9.64. The molecule has 29 heavy (non-hydrogen) atoms. The molecule has 0 radical (unpaired) electrons. The van der Waals surface area contributed by atoms with Crippen molar-refractivity contribution in [1.29, 1.82) is 0 Å². The number of para-hydroxylation sites is 1. The van der Waals surface area contributed by atoms with E-state index in [1.807, 2.05) is 60.7 Å². The fourth-order valence-corrected chi connectivity index (χ4v) is 3.45. The normalized spacial score (nSPS) is 12.2. The SMILES string of the molecule is N[C@@H](Cc1ccccc1)C(=O)OCCc1cc2c([nH]c3ccccc32)c(C=O)n1. The number of ether oxygens (including phenoxy) is 1. The molecule has 0 unspecified atom stereocenters. The number of nitrogens with two attached hydrogens (primary N) is 1. The zero-order valence-electron chi connectivity index (χ0n) is 15.8. The zero-order valence-corrected chi connectivity index (χ0v) is 15.8. The second kappa shape index (κ2) is 8.24. The summed E-state index contributed by atoms with van der Waals surface area (Å²) in [4.78, 5) is 31.3. The third-order valence-corrected chi connectivity index (χ3v) is 4.89. The van der Waals surface area contributed by atoms with E-state index in [0.717, 1.165) is 28.1 Å². The van der Waals surface area contributed by atoms with Crippen molar-refractivity contribution in [3.05, 3.63) is 77.6 Å². The minimum absolute atomic E-state index is 0.153. The van der Waals surface area contributed by atoms with E-state index in [-0.39, 0.29) is 6.61 Å². The van der Waals surface area contributed by atoms with E-state index in [9.17, 15) is 9.59 Å². The molecule has 0 aliphatic heterocycles. The number of hydrogen-bond donors (Lipinski definition) is 2. The van der Waals surface area contributed by atoms with Gasteiger partial charge in [0, 0.05) is 28.4 Å². The first-order chi connectivity index (χ1) is 14.2. The topological polar surface area (TPSA) is 98.1 Å². The van der Waals surface area contributed by atoms with Crippen LogP contribution in [-0.4, -0.2) is 34.9 Å². The number of esters is 1.